The van der Waals surface area contributed by atoms with E-state index in [1.807, 2.05) is 30.9 Å². The van der Waals surface area contributed by atoms with Gasteiger partial charge in [0, 0.05) is 30.2 Å². The maximum absolute atomic E-state index is 11.8. The molecule has 0 radical (unpaired) electrons. The Morgan fingerprint density at radius 2 is 1.88 bits per heavy atom. The van der Waals surface area contributed by atoms with Gasteiger partial charge in [0.15, 0.2) is 5.78 Å². The van der Waals surface area contributed by atoms with Crippen LogP contribution in [0.2, 0.25) is 0 Å². The summed E-state index contributed by atoms with van der Waals surface area (Å²) in [4.78, 5) is 28.3. The van der Waals surface area contributed by atoms with Gasteiger partial charge in [0.05, 0.1) is 17.6 Å². The number of rotatable bonds is 12. The zero-order chi connectivity index (χ0) is 17.2. The van der Waals surface area contributed by atoms with Crippen molar-refractivity contribution in [2.24, 2.45) is 0 Å². The van der Waals surface area contributed by atoms with Crippen LogP contribution in [0.1, 0.15) is 59.5 Å². The summed E-state index contributed by atoms with van der Waals surface area (Å²) in [6, 6.07) is 3.83. The van der Waals surface area contributed by atoms with E-state index < -0.39 is 5.97 Å². The third-order valence-electron chi connectivity index (χ3n) is 3.90. The highest BCUT2D eigenvalue weighted by Gasteiger charge is 2.11. The molecule has 0 bridgehead atoms. The van der Waals surface area contributed by atoms with E-state index in [2.05, 4.69) is 9.55 Å². The van der Waals surface area contributed by atoms with Crippen molar-refractivity contribution in [2.75, 3.05) is 0 Å². The molecule has 0 atom stereocenters. The monoisotopic (exact) mass is 348 g/mol. The Balaban J connectivity index is 1.56. The molecule has 2 heterocycles. The van der Waals surface area contributed by atoms with Crippen molar-refractivity contribution in [3.63, 3.8) is 0 Å². The quantitative estimate of drug-likeness (QED) is 0.461. The number of aliphatic carboxylic acids is 1. The molecule has 0 unspecified atom stereocenters. The Morgan fingerprint density at radius 1 is 1.08 bits per heavy atom. The lowest BCUT2D eigenvalue weighted by atomic mass is 10.1. The lowest BCUT2D eigenvalue weighted by Gasteiger charge is -2.02. The highest BCUT2D eigenvalue weighted by molar-refractivity contribution is 7.14. The van der Waals surface area contributed by atoms with Crippen LogP contribution in [-0.4, -0.2) is 26.4 Å². The average molecular weight is 348 g/mol. The Kier molecular flexibility index (Phi) is 7.68. The van der Waals surface area contributed by atoms with Crippen molar-refractivity contribution in [1.82, 2.24) is 9.55 Å². The highest BCUT2D eigenvalue weighted by Crippen LogP contribution is 2.21. The molecule has 0 spiro atoms. The molecule has 0 saturated heterocycles. The largest absolute Gasteiger partial charge is 0.481 e. The molecule has 2 aromatic rings. The van der Waals surface area contributed by atoms with Gasteiger partial charge in [-0.3, -0.25) is 9.59 Å². The van der Waals surface area contributed by atoms with Crippen LogP contribution in [0, 0.1) is 0 Å². The summed E-state index contributed by atoms with van der Waals surface area (Å²) < 4.78 is 2.11. The summed E-state index contributed by atoms with van der Waals surface area (Å²) in [5.74, 6) is -0.985. The minimum atomic E-state index is -0.923. The van der Waals surface area contributed by atoms with Gasteiger partial charge in [0.1, 0.15) is 0 Å². The molecule has 0 saturated carbocycles. The van der Waals surface area contributed by atoms with Crippen LogP contribution in [0.25, 0.3) is 0 Å². The molecule has 130 valence electrons. The van der Waals surface area contributed by atoms with Crippen molar-refractivity contribution in [3.05, 3.63) is 40.6 Å². The zero-order valence-corrected chi connectivity index (χ0v) is 14.6. The number of aromatic nitrogens is 2. The van der Waals surface area contributed by atoms with E-state index in [0.29, 0.717) is 4.88 Å². The van der Waals surface area contributed by atoms with E-state index in [1.165, 1.54) is 41.9 Å². The lowest BCUT2D eigenvalue weighted by molar-refractivity contribution is -0.136. The van der Waals surface area contributed by atoms with E-state index in [0.717, 1.165) is 19.4 Å². The molecule has 2 rings (SSSR count). The third-order valence-corrected chi connectivity index (χ3v) is 5.09. The molecule has 1 N–H and O–H groups in total. The Bertz CT molecular complexity index is 634. The van der Waals surface area contributed by atoms with Crippen LogP contribution in [-0.2, 0) is 17.8 Å². The number of carboxylic acid groups (broad SMARTS) is 1. The fraction of sp³-hybridized carbons (Fsp3) is 0.500. The average Bonchev–Trinajstić information content (AvgIpc) is 3.23. The molecule has 5 nitrogen and oxygen atoms in total. The van der Waals surface area contributed by atoms with Crippen LogP contribution in [0.15, 0.2) is 30.9 Å². The number of carbonyl (C=O) groups excluding carboxylic acids is 1. The number of carbonyl (C=O) groups is 2. The lowest BCUT2D eigenvalue weighted by Crippen LogP contribution is -2.01. The number of imidazole rings is 1. The topological polar surface area (TPSA) is 72.2 Å². The first-order valence-electron chi connectivity index (χ1n) is 8.44. The zero-order valence-electron chi connectivity index (χ0n) is 13.8. The molecular weight excluding hydrogens is 324 g/mol. The van der Waals surface area contributed by atoms with Crippen LogP contribution >= 0.6 is 11.3 Å². The van der Waals surface area contributed by atoms with Gasteiger partial charge in [0.2, 0.25) is 0 Å². The molecule has 0 amide bonds. The second-order valence-corrected chi connectivity index (χ2v) is 7.07. The Morgan fingerprint density at radius 3 is 2.62 bits per heavy atom. The van der Waals surface area contributed by atoms with Crippen LogP contribution in [0.3, 0.4) is 0 Å². The molecule has 24 heavy (non-hydrogen) atoms. The first kappa shape index (κ1) is 18.4. The molecule has 0 fully saturated rings. The first-order valence-corrected chi connectivity index (χ1v) is 9.26. The smallest absolute Gasteiger partial charge is 0.303 e. The number of unbranched alkanes of at least 4 members (excludes halogenated alkanes) is 4. The first-order chi connectivity index (χ1) is 11.6. The molecule has 0 aliphatic carbocycles. The molecule has 6 heteroatoms. The maximum atomic E-state index is 11.8. The van der Waals surface area contributed by atoms with E-state index in [9.17, 15) is 9.59 Å². The maximum Gasteiger partial charge on any atom is 0.303 e. The number of ketones is 1. The number of nitrogens with zero attached hydrogens (tertiary/aromatic N) is 2. The van der Waals surface area contributed by atoms with Gasteiger partial charge in [-0.25, -0.2) is 4.98 Å². The van der Waals surface area contributed by atoms with Crippen LogP contribution < -0.4 is 0 Å². The molecule has 0 aliphatic rings. The number of hydrogen-bond acceptors (Lipinski definition) is 4. The van der Waals surface area contributed by atoms with Crippen LogP contribution in [0.4, 0.5) is 0 Å². The van der Waals surface area contributed by atoms with E-state index in [1.54, 1.807) is 0 Å². The molecule has 2 aromatic heterocycles. The van der Waals surface area contributed by atoms with Crippen molar-refractivity contribution in [1.29, 1.82) is 0 Å². The number of hydrogen-bond donors (Lipinski definition) is 1. The minimum absolute atomic E-state index is 0.0619. The second kappa shape index (κ2) is 10.0. The van der Waals surface area contributed by atoms with Crippen molar-refractivity contribution >= 4 is 23.1 Å². The summed E-state index contributed by atoms with van der Waals surface area (Å²) in [5.41, 5.74) is 0. The van der Waals surface area contributed by atoms with Gasteiger partial charge in [-0.1, -0.05) is 19.3 Å². The molecule has 0 aromatic carbocycles. The number of Topliss-reactive ketones (excluding diaryl/α,β-unsaturated/α-hetero) is 1. The number of thiophene rings is 1. The minimum Gasteiger partial charge on any atom is -0.481 e. The summed E-state index contributed by atoms with van der Waals surface area (Å²) >= 11 is 1.51. The predicted molar refractivity (Wildman–Crippen MR) is 94.5 cm³/mol. The molecular formula is C18H24N2O3S. The molecule has 0 aliphatic heterocycles. The normalized spacial score (nSPS) is 10.8. The predicted octanol–water partition coefficient (Wildman–Crippen LogP) is 4.19. The highest BCUT2D eigenvalue weighted by atomic mass is 32.1. The van der Waals surface area contributed by atoms with Gasteiger partial charge in [-0.2, -0.15) is 0 Å². The SMILES string of the molecule is O=C(O)CCC(=O)c1ccc(CCCCCCCn2ccnc2)s1. The fourth-order valence-electron chi connectivity index (χ4n) is 2.55. The van der Waals surface area contributed by atoms with E-state index in [4.69, 9.17) is 5.11 Å². The third kappa shape index (κ3) is 6.66. The van der Waals surface area contributed by atoms with Gasteiger partial charge in [0.25, 0.3) is 0 Å². The Hall–Kier alpha value is -1.95. The van der Waals surface area contributed by atoms with Gasteiger partial charge < -0.3 is 9.67 Å². The number of aryl methyl sites for hydroxylation is 2. The van der Waals surface area contributed by atoms with Crippen molar-refractivity contribution in [2.45, 2.75) is 57.9 Å². The summed E-state index contributed by atoms with van der Waals surface area (Å²) in [7, 11) is 0. The fourth-order valence-corrected chi connectivity index (χ4v) is 3.57. The van der Waals surface area contributed by atoms with Crippen LogP contribution in [0.5, 0.6) is 0 Å². The van der Waals surface area contributed by atoms with E-state index >= 15 is 0 Å². The van der Waals surface area contributed by atoms with Crippen molar-refractivity contribution in [3.8, 4) is 0 Å². The van der Waals surface area contributed by atoms with E-state index in [-0.39, 0.29) is 18.6 Å². The number of carboxylic acids is 1. The van der Waals surface area contributed by atoms with Gasteiger partial charge in [-0.05, 0) is 31.4 Å². The summed E-state index contributed by atoms with van der Waals surface area (Å²) in [6.45, 7) is 1.03. The Labute approximate surface area is 146 Å². The second-order valence-electron chi connectivity index (χ2n) is 5.90. The van der Waals surface area contributed by atoms with Gasteiger partial charge >= 0.3 is 5.97 Å². The standard InChI is InChI=1S/C18H24N2O3S/c21-16(8-10-18(22)23)17-9-7-15(24-17)6-4-2-1-3-5-12-20-13-11-19-14-20/h7,9,11,13-14H,1-6,8,10,12H2,(H,22,23). The summed E-state index contributed by atoms with van der Waals surface area (Å²) in [6.07, 6.45) is 12.6. The van der Waals surface area contributed by atoms with Crippen molar-refractivity contribution < 1.29 is 14.7 Å². The summed E-state index contributed by atoms with van der Waals surface area (Å²) in [5, 5.41) is 8.62. The van der Waals surface area contributed by atoms with Gasteiger partial charge in [-0.15, -0.1) is 11.3 Å².